The van der Waals surface area contributed by atoms with Crippen LogP contribution in [0.4, 0.5) is 0 Å². The molecule has 0 atom stereocenters. The lowest BCUT2D eigenvalue weighted by atomic mass is 10.0. The van der Waals surface area contributed by atoms with Crippen molar-refractivity contribution < 1.29 is 33.3 Å². The van der Waals surface area contributed by atoms with Crippen molar-refractivity contribution in [2.45, 2.75) is 12.4 Å². The molecule has 0 saturated carbocycles. The minimum atomic E-state index is -1.53. The minimum Gasteiger partial charge on any atom is -0.495 e. The van der Waals surface area contributed by atoms with E-state index in [1.54, 1.807) is 24.3 Å². The number of carbonyl (C=O) groups is 2. The van der Waals surface area contributed by atoms with Crippen LogP contribution in [-0.2, 0) is 30.4 Å². The fourth-order valence-corrected chi connectivity index (χ4v) is 3.16. The van der Waals surface area contributed by atoms with Gasteiger partial charge < -0.3 is 29.0 Å². The monoisotopic (exact) mass is 439 g/mol. The van der Waals surface area contributed by atoms with Crippen LogP contribution in [0.1, 0.15) is 5.56 Å². The maximum atomic E-state index is 12.4. The zero-order valence-electron chi connectivity index (χ0n) is 18.1. The fourth-order valence-electron chi connectivity index (χ4n) is 3.16. The summed E-state index contributed by atoms with van der Waals surface area (Å²) in [4.78, 5) is 24.4. The summed E-state index contributed by atoms with van der Waals surface area (Å²) < 4.78 is 27.3. The highest BCUT2D eigenvalue weighted by Crippen LogP contribution is 2.32. The van der Waals surface area contributed by atoms with Crippen LogP contribution in [0, 0.1) is 0 Å². The lowest BCUT2D eigenvalue weighted by Crippen LogP contribution is -2.48. The van der Waals surface area contributed by atoms with Crippen molar-refractivity contribution in [3.63, 3.8) is 0 Å². The molecule has 168 valence electrons. The molecule has 1 amide bonds. The molecular weight excluding hydrogens is 414 g/mol. The van der Waals surface area contributed by atoms with Crippen LogP contribution in [0.5, 0.6) is 11.5 Å². The van der Waals surface area contributed by atoms with Crippen molar-refractivity contribution in [3.8, 4) is 11.5 Å². The Hall–Kier alpha value is -3.62. The molecule has 0 spiro atoms. The topological polar surface area (TPSA) is 92.3 Å². The molecule has 0 aromatic heterocycles. The van der Waals surface area contributed by atoms with E-state index in [-0.39, 0.29) is 23.8 Å². The second-order valence-corrected chi connectivity index (χ2v) is 6.78. The van der Waals surface area contributed by atoms with Gasteiger partial charge >= 0.3 is 0 Å². The molecule has 1 aliphatic carbocycles. The zero-order valence-corrected chi connectivity index (χ0v) is 18.1. The third kappa shape index (κ3) is 5.35. The molecule has 8 heteroatoms. The number of hydrogen-bond donors (Lipinski definition) is 1. The van der Waals surface area contributed by atoms with E-state index in [4.69, 9.17) is 23.7 Å². The number of ether oxygens (including phenoxy) is 5. The molecule has 0 bridgehead atoms. The summed E-state index contributed by atoms with van der Waals surface area (Å²) in [6.45, 7) is 0.168. The van der Waals surface area contributed by atoms with Crippen molar-refractivity contribution in [1.29, 1.82) is 0 Å². The van der Waals surface area contributed by atoms with Gasteiger partial charge in [0.1, 0.15) is 18.1 Å². The van der Waals surface area contributed by atoms with Gasteiger partial charge in [-0.1, -0.05) is 30.3 Å². The van der Waals surface area contributed by atoms with Crippen molar-refractivity contribution in [2.24, 2.45) is 0 Å². The molecule has 2 aromatic rings. The summed E-state index contributed by atoms with van der Waals surface area (Å²) in [5.41, 5.74) is 1.17. The molecule has 0 unspecified atom stereocenters. The average molecular weight is 439 g/mol. The first-order chi connectivity index (χ1) is 15.5. The largest absolute Gasteiger partial charge is 0.495 e. The highest BCUT2D eigenvalue weighted by molar-refractivity contribution is 6.02. The Morgan fingerprint density at radius 2 is 1.50 bits per heavy atom. The van der Waals surface area contributed by atoms with Gasteiger partial charge in [-0.2, -0.15) is 0 Å². The molecule has 1 N–H and O–H groups in total. The van der Waals surface area contributed by atoms with E-state index in [9.17, 15) is 9.59 Å². The Balaban J connectivity index is 1.55. The smallest absolute Gasteiger partial charge is 0.270 e. The summed E-state index contributed by atoms with van der Waals surface area (Å²) >= 11 is 0. The second kappa shape index (κ2) is 10.6. The molecule has 2 aromatic carbocycles. The summed E-state index contributed by atoms with van der Waals surface area (Å²) in [7, 11) is 4.14. The van der Waals surface area contributed by atoms with Crippen LogP contribution in [0.15, 0.2) is 78.2 Å². The van der Waals surface area contributed by atoms with E-state index >= 15 is 0 Å². The lowest BCUT2D eigenvalue weighted by Gasteiger charge is -2.35. The fraction of sp³-hybridized carbons (Fsp3) is 0.250. The van der Waals surface area contributed by atoms with Gasteiger partial charge in [0.25, 0.3) is 11.7 Å². The van der Waals surface area contributed by atoms with E-state index in [0.29, 0.717) is 18.1 Å². The summed E-state index contributed by atoms with van der Waals surface area (Å²) in [5, 5.41) is 2.61. The second-order valence-electron chi connectivity index (χ2n) is 6.78. The van der Waals surface area contributed by atoms with E-state index in [1.165, 1.54) is 33.5 Å². The normalized spacial score (nSPS) is 14.8. The lowest BCUT2D eigenvalue weighted by molar-refractivity contribution is -0.179. The summed E-state index contributed by atoms with van der Waals surface area (Å²) in [6.07, 6.45) is 2.45. The standard InChI is InChI=1S/C24H25NO7/c1-28-22-14-18(26)13-21(24(22,29-2)30-3)25-23(27)16-32-20-11-9-19(10-12-20)31-15-17-7-5-4-6-8-17/h4-14H,15-16H2,1-3H3,(H,25,27). The van der Waals surface area contributed by atoms with Gasteiger partial charge in [0.2, 0.25) is 0 Å². The van der Waals surface area contributed by atoms with Gasteiger partial charge in [-0.05, 0) is 29.8 Å². The van der Waals surface area contributed by atoms with Crippen LogP contribution in [0.2, 0.25) is 0 Å². The van der Waals surface area contributed by atoms with Gasteiger partial charge in [-0.25, -0.2) is 0 Å². The van der Waals surface area contributed by atoms with Crippen molar-refractivity contribution in [2.75, 3.05) is 27.9 Å². The Kier molecular flexibility index (Phi) is 7.64. The predicted molar refractivity (Wildman–Crippen MR) is 116 cm³/mol. The molecule has 3 rings (SSSR count). The third-order valence-corrected chi connectivity index (χ3v) is 4.75. The number of nitrogens with one attached hydrogen (secondary N) is 1. The van der Waals surface area contributed by atoms with Crippen molar-refractivity contribution in [1.82, 2.24) is 5.32 Å². The summed E-state index contributed by atoms with van der Waals surface area (Å²) in [5.74, 6) is -1.10. The molecule has 0 saturated heterocycles. The molecular formula is C24H25NO7. The Bertz CT molecular complexity index is 993. The van der Waals surface area contributed by atoms with E-state index in [0.717, 1.165) is 5.56 Å². The van der Waals surface area contributed by atoms with E-state index < -0.39 is 11.7 Å². The van der Waals surface area contributed by atoms with E-state index in [2.05, 4.69) is 5.32 Å². The maximum absolute atomic E-state index is 12.4. The molecule has 1 aliphatic rings. The van der Waals surface area contributed by atoms with Crippen LogP contribution >= 0.6 is 0 Å². The molecule has 0 fully saturated rings. The SMILES string of the molecule is COC1=CC(=O)C=C(NC(=O)COc2ccc(OCc3ccccc3)cc2)C1(OC)OC. The number of ketones is 1. The summed E-state index contributed by atoms with van der Waals surface area (Å²) in [6, 6.07) is 16.8. The van der Waals surface area contributed by atoms with Crippen LogP contribution < -0.4 is 14.8 Å². The number of rotatable bonds is 10. The highest BCUT2D eigenvalue weighted by Gasteiger charge is 2.44. The van der Waals surface area contributed by atoms with Gasteiger partial charge in [0, 0.05) is 26.4 Å². The average Bonchev–Trinajstić information content (AvgIpc) is 2.82. The molecule has 0 aliphatic heterocycles. The highest BCUT2D eigenvalue weighted by atomic mass is 16.7. The number of benzene rings is 2. The molecule has 32 heavy (non-hydrogen) atoms. The quantitative estimate of drug-likeness (QED) is 0.569. The first-order valence-electron chi connectivity index (χ1n) is 9.82. The number of allylic oxidation sites excluding steroid dienone is 2. The van der Waals surface area contributed by atoms with Crippen LogP contribution in [0.25, 0.3) is 0 Å². The first kappa shape index (κ1) is 23.1. The number of amides is 1. The predicted octanol–water partition coefficient (Wildman–Crippen LogP) is 2.75. The zero-order chi connectivity index (χ0) is 23.0. The maximum Gasteiger partial charge on any atom is 0.270 e. The number of hydrogen-bond acceptors (Lipinski definition) is 7. The third-order valence-electron chi connectivity index (χ3n) is 4.75. The first-order valence-corrected chi connectivity index (χ1v) is 9.82. The molecule has 0 radical (unpaired) electrons. The molecule has 8 nitrogen and oxygen atoms in total. The van der Waals surface area contributed by atoms with E-state index in [1.807, 2.05) is 30.3 Å². The van der Waals surface area contributed by atoms with Crippen LogP contribution in [-0.4, -0.2) is 45.4 Å². The van der Waals surface area contributed by atoms with Crippen molar-refractivity contribution >= 4 is 11.7 Å². The van der Waals surface area contributed by atoms with Crippen molar-refractivity contribution in [3.05, 3.63) is 83.8 Å². The van der Waals surface area contributed by atoms with Gasteiger partial charge in [0.05, 0.1) is 12.8 Å². The minimum absolute atomic E-state index is 0.102. The van der Waals surface area contributed by atoms with Gasteiger partial charge in [-0.3, -0.25) is 9.59 Å². The number of carbonyl (C=O) groups excluding carboxylic acids is 2. The molecule has 0 heterocycles. The number of methoxy groups -OCH3 is 3. The Labute approximate surface area is 186 Å². The van der Waals surface area contributed by atoms with Gasteiger partial charge in [-0.15, -0.1) is 0 Å². The van der Waals surface area contributed by atoms with Gasteiger partial charge in [0.15, 0.2) is 18.1 Å². The Morgan fingerprint density at radius 1 is 0.875 bits per heavy atom. The Morgan fingerprint density at radius 3 is 2.09 bits per heavy atom. The van der Waals surface area contributed by atoms with Crippen LogP contribution in [0.3, 0.4) is 0 Å².